The van der Waals surface area contributed by atoms with Crippen LogP contribution in [0.4, 0.5) is 0 Å². The average Bonchev–Trinajstić information content (AvgIpc) is 3.31. The van der Waals surface area contributed by atoms with Crippen molar-refractivity contribution >= 4 is 16.9 Å². The Morgan fingerprint density at radius 2 is 2.05 bits per heavy atom. The van der Waals surface area contributed by atoms with E-state index in [0.717, 1.165) is 48.7 Å². The third-order valence-electron chi connectivity index (χ3n) is 5.15. The normalized spacial score (nSPS) is 21.2. The van der Waals surface area contributed by atoms with Crippen molar-refractivity contribution in [1.82, 2.24) is 19.8 Å². The predicted molar refractivity (Wildman–Crippen MR) is 85.8 cm³/mol. The summed E-state index contributed by atoms with van der Waals surface area (Å²) in [5, 5.41) is 0. The molecule has 5 heteroatoms. The summed E-state index contributed by atoms with van der Waals surface area (Å²) in [6, 6.07) is 6.37. The van der Waals surface area contributed by atoms with Crippen LogP contribution in [0.15, 0.2) is 24.5 Å². The van der Waals surface area contributed by atoms with Crippen molar-refractivity contribution in [3.05, 3.63) is 30.1 Å². The molecule has 2 aliphatic rings. The molecular formula is C17H22N4O. The number of hydrogen-bond donors (Lipinski definition) is 1. The summed E-state index contributed by atoms with van der Waals surface area (Å²) in [6.07, 6.45) is 4.42. The van der Waals surface area contributed by atoms with E-state index in [1.54, 1.807) is 6.33 Å². The Hall–Kier alpha value is -1.88. The van der Waals surface area contributed by atoms with Gasteiger partial charge in [-0.3, -0.25) is 9.69 Å². The maximum Gasteiger partial charge on any atom is 0.254 e. The maximum absolute atomic E-state index is 12.7. The number of H-pyrrole nitrogens is 1. The highest BCUT2D eigenvalue weighted by atomic mass is 16.2. The highest BCUT2D eigenvalue weighted by Crippen LogP contribution is 2.35. The average molecular weight is 298 g/mol. The Kier molecular flexibility index (Phi) is 3.37. The number of nitrogens with zero attached hydrogens (tertiary/aromatic N) is 3. The van der Waals surface area contributed by atoms with Gasteiger partial charge in [0.2, 0.25) is 0 Å². The van der Waals surface area contributed by atoms with Crippen LogP contribution in [0.3, 0.4) is 0 Å². The lowest BCUT2D eigenvalue weighted by atomic mass is 10.1. The van der Waals surface area contributed by atoms with E-state index < -0.39 is 0 Å². The first kappa shape index (κ1) is 13.8. The molecule has 1 saturated heterocycles. The van der Waals surface area contributed by atoms with Crippen molar-refractivity contribution in [2.75, 3.05) is 26.2 Å². The quantitative estimate of drug-likeness (QED) is 0.944. The van der Waals surface area contributed by atoms with Gasteiger partial charge in [-0.15, -0.1) is 0 Å². The molecule has 1 aromatic heterocycles. The molecule has 1 aromatic carbocycles. The molecule has 1 amide bonds. The molecule has 1 aliphatic carbocycles. The van der Waals surface area contributed by atoms with Crippen molar-refractivity contribution in [2.24, 2.45) is 5.92 Å². The van der Waals surface area contributed by atoms with E-state index in [9.17, 15) is 4.79 Å². The van der Waals surface area contributed by atoms with Gasteiger partial charge in [0.15, 0.2) is 0 Å². The van der Waals surface area contributed by atoms with Gasteiger partial charge in [0.25, 0.3) is 5.91 Å². The van der Waals surface area contributed by atoms with Gasteiger partial charge < -0.3 is 9.88 Å². The van der Waals surface area contributed by atoms with Crippen LogP contribution in [0.2, 0.25) is 0 Å². The van der Waals surface area contributed by atoms with Crippen LogP contribution in [0.1, 0.15) is 30.1 Å². The Labute approximate surface area is 130 Å². The van der Waals surface area contributed by atoms with Crippen LogP contribution in [-0.2, 0) is 0 Å². The number of nitrogens with one attached hydrogen (secondary N) is 1. The first-order chi connectivity index (χ1) is 10.7. The monoisotopic (exact) mass is 298 g/mol. The third kappa shape index (κ3) is 2.50. The topological polar surface area (TPSA) is 52.2 Å². The van der Waals surface area contributed by atoms with Crippen LogP contribution in [-0.4, -0.2) is 57.9 Å². The van der Waals surface area contributed by atoms with E-state index in [-0.39, 0.29) is 5.91 Å². The summed E-state index contributed by atoms with van der Waals surface area (Å²) in [5.41, 5.74) is 2.58. The van der Waals surface area contributed by atoms with E-state index in [1.807, 2.05) is 23.1 Å². The second-order valence-electron chi connectivity index (χ2n) is 6.54. The Morgan fingerprint density at radius 1 is 1.27 bits per heavy atom. The second kappa shape index (κ2) is 5.39. The summed E-state index contributed by atoms with van der Waals surface area (Å²) >= 11 is 0. The van der Waals surface area contributed by atoms with Gasteiger partial charge in [-0.1, -0.05) is 0 Å². The number of hydrogen-bond acceptors (Lipinski definition) is 3. The SMILES string of the molecule is CC(C1CC1)N1CCN(C(=O)c2ccc3nc[nH]c3c2)CC1. The number of rotatable bonds is 3. The number of benzene rings is 1. The summed E-state index contributed by atoms with van der Waals surface area (Å²) in [7, 11) is 0. The molecule has 0 spiro atoms. The largest absolute Gasteiger partial charge is 0.345 e. The first-order valence-electron chi connectivity index (χ1n) is 8.19. The number of piperazine rings is 1. The van der Waals surface area contributed by atoms with E-state index >= 15 is 0 Å². The summed E-state index contributed by atoms with van der Waals surface area (Å²) in [4.78, 5) is 24.4. The lowest BCUT2D eigenvalue weighted by molar-refractivity contribution is 0.0564. The van der Waals surface area contributed by atoms with Gasteiger partial charge in [-0.2, -0.15) is 0 Å². The smallest absolute Gasteiger partial charge is 0.254 e. The van der Waals surface area contributed by atoms with Crippen LogP contribution in [0.5, 0.6) is 0 Å². The van der Waals surface area contributed by atoms with Crippen LogP contribution < -0.4 is 0 Å². The molecule has 2 heterocycles. The molecule has 5 nitrogen and oxygen atoms in total. The number of aromatic nitrogens is 2. The number of carbonyl (C=O) groups is 1. The van der Waals surface area contributed by atoms with E-state index in [0.29, 0.717) is 6.04 Å². The molecule has 2 aromatic rings. The second-order valence-corrected chi connectivity index (χ2v) is 6.54. The standard InChI is InChI=1S/C17H22N4O/c1-12(13-2-3-13)20-6-8-21(9-7-20)17(22)14-4-5-15-16(10-14)19-11-18-15/h4-5,10-13H,2-3,6-9H2,1H3,(H,18,19). The summed E-state index contributed by atoms with van der Waals surface area (Å²) < 4.78 is 0. The molecule has 0 radical (unpaired) electrons. The Morgan fingerprint density at radius 3 is 2.77 bits per heavy atom. The summed E-state index contributed by atoms with van der Waals surface area (Å²) in [5.74, 6) is 1.03. The van der Waals surface area contributed by atoms with Gasteiger partial charge in [0.1, 0.15) is 0 Å². The van der Waals surface area contributed by atoms with Crippen molar-refractivity contribution < 1.29 is 4.79 Å². The Bertz CT molecular complexity index is 683. The first-order valence-corrected chi connectivity index (χ1v) is 8.19. The lowest BCUT2D eigenvalue weighted by Gasteiger charge is -2.38. The molecular weight excluding hydrogens is 276 g/mol. The molecule has 116 valence electrons. The van der Waals surface area contributed by atoms with Gasteiger partial charge in [-0.05, 0) is 43.9 Å². The molecule has 1 N–H and O–H groups in total. The van der Waals surface area contributed by atoms with Gasteiger partial charge >= 0.3 is 0 Å². The minimum absolute atomic E-state index is 0.134. The number of fused-ring (bicyclic) bond motifs is 1. The van der Waals surface area contributed by atoms with E-state index in [4.69, 9.17) is 0 Å². The molecule has 0 bridgehead atoms. The number of amides is 1. The van der Waals surface area contributed by atoms with Gasteiger partial charge in [0, 0.05) is 37.8 Å². The molecule has 2 fully saturated rings. The van der Waals surface area contributed by atoms with E-state index in [1.165, 1.54) is 12.8 Å². The van der Waals surface area contributed by atoms with Crippen LogP contribution in [0.25, 0.3) is 11.0 Å². The minimum atomic E-state index is 0.134. The zero-order valence-electron chi connectivity index (χ0n) is 13.0. The van der Waals surface area contributed by atoms with Crippen molar-refractivity contribution in [1.29, 1.82) is 0 Å². The highest BCUT2D eigenvalue weighted by Gasteiger charge is 2.34. The van der Waals surface area contributed by atoms with E-state index in [2.05, 4.69) is 21.8 Å². The van der Waals surface area contributed by atoms with Crippen molar-refractivity contribution in [3.63, 3.8) is 0 Å². The van der Waals surface area contributed by atoms with Gasteiger partial charge in [-0.25, -0.2) is 4.98 Å². The zero-order valence-corrected chi connectivity index (χ0v) is 13.0. The predicted octanol–water partition coefficient (Wildman–Crippen LogP) is 2.12. The van der Waals surface area contributed by atoms with Gasteiger partial charge in [0.05, 0.1) is 17.4 Å². The van der Waals surface area contributed by atoms with Crippen LogP contribution >= 0.6 is 0 Å². The molecule has 1 unspecified atom stereocenters. The fourth-order valence-corrected chi connectivity index (χ4v) is 3.46. The lowest BCUT2D eigenvalue weighted by Crippen LogP contribution is -2.51. The minimum Gasteiger partial charge on any atom is -0.345 e. The number of aromatic amines is 1. The zero-order chi connectivity index (χ0) is 15.1. The third-order valence-corrected chi connectivity index (χ3v) is 5.15. The van der Waals surface area contributed by atoms with Crippen molar-refractivity contribution in [3.8, 4) is 0 Å². The highest BCUT2D eigenvalue weighted by molar-refractivity contribution is 5.97. The van der Waals surface area contributed by atoms with Crippen molar-refractivity contribution in [2.45, 2.75) is 25.8 Å². The molecule has 1 aliphatic heterocycles. The molecule has 1 saturated carbocycles. The Balaban J connectivity index is 1.42. The molecule has 1 atom stereocenters. The molecule has 22 heavy (non-hydrogen) atoms. The van der Waals surface area contributed by atoms with Crippen LogP contribution in [0, 0.1) is 5.92 Å². The number of imidazole rings is 1. The summed E-state index contributed by atoms with van der Waals surface area (Å²) in [6.45, 7) is 5.99. The fraction of sp³-hybridized carbons (Fsp3) is 0.529. The number of carbonyl (C=O) groups excluding carboxylic acids is 1. The molecule has 4 rings (SSSR count). The fourth-order valence-electron chi connectivity index (χ4n) is 3.46. The maximum atomic E-state index is 12.7.